The number of nitrogens with one attached hydrogen (secondary N) is 1. The quantitative estimate of drug-likeness (QED) is 0.827. The SMILES string of the molecule is Cn1ncc2c1CCCC2NC1CCCC1. The number of fused-ring (bicyclic) bond motifs is 1. The zero-order chi connectivity index (χ0) is 11.0. The van der Waals surface area contributed by atoms with E-state index in [-0.39, 0.29) is 0 Å². The van der Waals surface area contributed by atoms with E-state index in [4.69, 9.17) is 0 Å². The van der Waals surface area contributed by atoms with Crippen molar-refractivity contribution < 1.29 is 0 Å². The van der Waals surface area contributed by atoms with Gasteiger partial charge in [0.05, 0.1) is 6.20 Å². The smallest absolute Gasteiger partial charge is 0.0540 e. The molecule has 1 saturated carbocycles. The topological polar surface area (TPSA) is 29.9 Å². The van der Waals surface area contributed by atoms with Crippen molar-refractivity contribution >= 4 is 0 Å². The molecule has 2 aliphatic rings. The first-order valence-corrected chi connectivity index (χ1v) is 6.61. The van der Waals surface area contributed by atoms with Crippen LogP contribution in [0.5, 0.6) is 0 Å². The maximum atomic E-state index is 4.40. The van der Waals surface area contributed by atoms with Crippen LogP contribution in [0, 0.1) is 0 Å². The summed E-state index contributed by atoms with van der Waals surface area (Å²) in [5.41, 5.74) is 2.90. The minimum Gasteiger partial charge on any atom is -0.307 e. The molecule has 1 atom stereocenters. The molecule has 1 heterocycles. The average molecular weight is 219 g/mol. The summed E-state index contributed by atoms with van der Waals surface area (Å²) in [5.74, 6) is 0. The molecule has 0 bridgehead atoms. The summed E-state index contributed by atoms with van der Waals surface area (Å²) in [7, 11) is 2.07. The molecule has 0 radical (unpaired) electrons. The Morgan fingerprint density at radius 3 is 2.88 bits per heavy atom. The van der Waals surface area contributed by atoms with Gasteiger partial charge in [0.2, 0.25) is 0 Å². The molecule has 0 aliphatic heterocycles. The van der Waals surface area contributed by atoms with Crippen LogP contribution in [0.1, 0.15) is 55.8 Å². The summed E-state index contributed by atoms with van der Waals surface area (Å²) < 4.78 is 2.05. The molecule has 1 unspecified atom stereocenters. The Morgan fingerprint density at radius 1 is 1.25 bits per heavy atom. The summed E-state index contributed by atoms with van der Waals surface area (Å²) in [4.78, 5) is 0. The fourth-order valence-electron chi connectivity index (χ4n) is 3.26. The number of nitrogens with zero attached hydrogens (tertiary/aromatic N) is 2. The zero-order valence-electron chi connectivity index (χ0n) is 10.1. The van der Waals surface area contributed by atoms with Crippen molar-refractivity contribution in [3.05, 3.63) is 17.5 Å². The Kier molecular flexibility index (Phi) is 2.72. The van der Waals surface area contributed by atoms with Crippen LogP contribution < -0.4 is 5.32 Å². The lowest BCUT2D eigenvalue weighted by Crippen LogP contribution is -2.32. The minimum absolute atomic E-state index is 0.570. The molecule has 3 rings (SSSR count). The van der Waals surface area contributed by atoms with Gasteiger partial charge in [-0.3, -0.25) is 4.68 Å². The molecule has 0 aromatic carbocycles. The molecule has 0 spiro atoms. The first kappa shape index (κ1) is 10.3. The maximum Gasteiger partial charge on any atom is 0.0540 e. The Balaban J connectivity index is 1.76. The molecule has 1 aromatic rings. The van der Waals surface area contributed by atoms with Crippen molar-refractivity contribution in [2.75, 3.05) is 0 Å². The third-order valence-corrected chi connectivity index (χ3v) is 4.17. The van der Waals surface area contributed by atoms with E-state index in [2.05, 4.69) is 28.3 Å². The standard InChI is InChI=1S/C13H21N3/c1-16-13-8-4-7-12(11(13)9-14-16)15-10-5-2-3-6-10/h9-10,12,15H,2-8H2,1H3. The van der Waals surface area contributed by atoms with Gasteiger partial charge in [-0.2, -0.15) is 5.10 Å². The van der Waals surface area contributed by atoms with E-state index >= 15 is 0 Å². The molecule has 0 amide bonds. The van der Waals surface area contributed by atoms with Crippen LogP contribution in [-0.4, -0.2) is 15.8 Å². The fraction of sp³-hybridized carbons (Fsp3) is 0.769. The summed E-state index contributed by atoms with van der Waals surface area (Å²) in [6.07, 6.45) is 11.4. The zero-order valence-corrected chi connectivity index (χ0v) is 10.1. The van der Waals surface area contributed by atoms with Crippen molar-refractivity contribution in [3.63, 3.8) is 0 Å². The number of rotatable bonds is 2. The Hall–Kier alpha value is -0.830. The lowest BCUT2D eigenvalue weighted by molar-refractivity contribution is 0.394. The van der Waals surface area contributed by atoms with E-state index in [1.807, 2.05) is 0 Å². The lowest BCUT2D eigenvalue weighted by atomic mass is 9.92. The van der Waals surface area contributed by atoms with Crippen LogP contribution in [-0.2, 0) is 13.5 Å². The van der Waals surface area contributed by atoms with Gasteiger partial charge in [-0.1, -0.05) is 12.8 Å². The van der Waals surface area contributed by atoms with Gasteiger partial charge in [0.25, 0.3) is 0 Å². The average Bonchev–Trinajstić information content (AvgIpc) is 2.90. The molecule has 88 valence electrons. The van der Waals surface area contributed by atoms with E-state index < -0.39 is 0 Å². The van der Waals surface area contributed by atoms with Gasteiger partial charge in [0.15, 0.2) is 0 Å². The van der Waals surface area contributed by atoms with Crippen molar-refractivity contribution in [2.24, 2.45) is 7.05 Å². The van der Waals surface area contributed by atoms with E-state index in [0.29, 0.717) is 6.04 Å². The van der Waals surface area contributed by atoms with Crippen LogP contribution in [0.25, 0.3) is 0 Å². The van der Waals surface area contributed by atoms with Crippen molar-refractivity contribution in [2.45, 2.75) is 57.0 Å². The van der Waals surface area contributed by atoms with Gasteiger partial charge in [0.1, 0.15) is 0 Å². The molecule has 1 aromatic heterocycles. The first-order chi connectivity index (χ1) is 7.84. The van der Waals surface area contributed by atoms with E-state index in [9.17, 15) is 0 Å². The number of aryl methyl sites for hydroxylation is 1. The summed E-state index contributed by atoms with van der Waals surface area (Å²) in [6, 6.07) is 1.33. The second-order valence-electron chi connectivity index (χ2n) is 5.26. The Bertz CT molecular complexity index is 363. The van der Waals surface area contributed by atoms with Crippen LogP contribution in [0.2, 0.25) is 0 Å². The number of hydrogen-bond donors (Lipinski definition) is 1. The van der Waals surface area contributed by atoms with E-state index in [1.165, 1.54) is 56.2 Å². The van der Waals surface area contributed by atoms with Crippen LogP contribution in [0.3, 0.4) is 0 Å². The van der Waals surface area contributed by atoms with Gasteiger partial charge in [0, 0.05) is 30.4 Å². The third-order valence-electron chi connectivity index (χ3n) is 4.17. The number of aromatic nitrogens is 2. The highest BCUT2D eigenvalue weighted by molar-refractivity contribution is 5.24. The molecule has 3 heteroatoms. The molecule has 1 fully saturated rings. The largest absolute Gasteiger partial charge is 0.307 e. The highest BCUT2D eigenvalue weighted by Gasteiger charge is 2.26. The molecule has 16 heavy (non-hydrogen) atoms. The second kappa shape index (κ2) is 4.21. The molecule has 1 N–H and O–H groups in total. The van der Waals surface area contributed by atoms with Crippen LogP contribution in [0.15, 0.2) is 6.20 Å². The minimum atomic E-state index is 0.570. The summed E-state index contributed by atoms with van der Waals surface area (Å²) >= 11 is 0. The third kappa shape index (κ3) is 1.77. The Morgan fingerprint density at radius 2 is 2.06 bits per heavy atom. The molecule has 3 nitrogen and oxygen atoms in total. The Labute approximate surface area is 97.2 Å². The second-order valence-corrected chi connectivity index (χ2v) is 5.26. The van der Waals surface area contributed by atoms with Crippen LogP contribution >= 0.6 is 0 Å². The normalized spacial score (nSPS) is 25.9. The predicted molar refractivity (Wildman–Crippen MR) is 64.3 cm³/mol. The first-order valence-electron chi connectivity index (χ1n) is 6.61. The highest BCUT2D eigenvalue weighted by Crippen LogP contribution is 2.31. The van der Waals surface area contributed by atoms with Crippen LogP contribution in [0.4, 0.5) is 0 Å². The number of hydrogen-bond acceptors (Lipinski definition) is 2. The van der Waals surface area contributed by atoms with Gasteiger partial charge < -0.3 is 5.32 Å². The van der Waals surface area contributed by atoms with Crippen molar-refractivity contribution in [1.82, 2.24) is 15.1 Å². The lowest BCUT2D eigenvalue weighted by Gasteiger charge is -2.27. The molecule has 2 aliphatic carbocycles. The molecular formula is C13H21N3. The van der Waals surface area contributed by atoms with Gasteiger partial charge in [-0.25, -0.2) is 0 Å². The summed E-state index contributed by atoms with van der Waals surface area (Å²) in [6.45, 7) is 0. The fourth-order valence-corrected chi connectivity index (χ4v) is 3.26. The van der Waals surface area contributed by atoms with Gasteiger partial charge in [-0.15, -0.1) is 0 Å². The van der Waals surface area contributed by atoms with E-state index in [1.54, 1.807) is 0 Å². The predicted octanol–water partition coefficient (Wildman–Crippen LogP) is 2.33. The van der Waals surface area contributed by atoms with Gasteiger partial charge in [-0.05, 0) is 32.1 Å². The molecule has 0 saturated heterocycles. The van der Waals surface area contributed by atoms with Gasteiger partial charge >= 0.3 is 0 Å². The highest BCUT2D eigenvalue weighted by atomic mass is 15.3. The van der Waals surface area contributed by atoms with Crippen molar-refractivity contribution in [3.8, 4) is 0 Å². The molecular weight excluding hydrogens is 198 g/mol. The van der Waals surface area contributed by atoms with E-state index in [0.717, 1.165) is 6.04 Å². The summed E-state index contributed by atoms with van der Waals surface area (Å²) in [5, 5.41) is 8.23. The maximum absolute atomic E-state index is 4.40. The monoisotopic (exact) mass is 219 g/mol. The van der Waals surface area contributed by atoms with Crippen molar-refractivity contribution in [1.29, 1.82) is 0 Å².